The molecule has 1 N–H and O–H groups in total. The van der Waals surface area contributed by atoms with Crippen molar-refractivity contribution >= 4 is 23.5 Å². The summed E-state index contributed by atoms with van der Waals surface area (Å²) in [6.45, 7) is 1.61. The first-order valence-electron chi connectivity index (χ1n) is 7.56. The van der Waals surface area contributed by atoms with Crippen molar-refractivity contribution in [3.8, 4) is 11.5 Å². The minimum Gasteiger partial charge on any atom is -0.290 e. The van der Waals surface area contributed by atoms with Crippen LogP contribution in [0.2, 0.25) is 5.02 Å². The SMILES string of the molecule is Cc1nc(NC(=O)c2ccc(C(F)(F)F)cc2Cl)nc(-c2ccccn2)n1. The molecule has 0 fully saturated rings. The van der Waals surface area contributed by atoms with Crippen molar-refractivity contribution in [3.05, 3.63) is 64.6 Å². The number of aromatic nitrogens is 4. The molecule has 2 heterocycles. The fourth-order valence-electron chi connectivity index (χ4n) is 2.19. The van der Waals surface area contributed by atoms with Crippen molar-refractivity contribution in [2.45, 2.75) is 13.1 Å². The maximum Gasteiger partial charge on any atom is 0.416 e. The van der Waals surface area contributed by atoms with Crippen molar-refractivity contribution in [2.24, 2.45) is 0 Å². The van der Waals surface area contributed by atoms with Crippen molar-refractivity contribution in [1.29, 1.82) is 0 Å². The van der Waals surface area contributed by atoms with E-state index in [1.54, 1.807) is 31.3 Å². The van der Waals surface area contributed by atoms with Gasteiger partial charge in [0.2, 0.25) is 5.95 Å². The Balaban J connectivity index is 1.87. The molecule has 0 radical (unpaired) electrons. The highest BCUT2D eigenvalue weighted by atomic mass is 35.5. The molecule has 0 saturated carbocycles. The summed E-state index contributed by atoms with van der Waals surface area (Å²) in [5.41, 5.74) is -0.606. The first-order valence-corrected chi connectivity index (χ1v) is 7.94. The lowest BCUT2D eigenvalue weighted by molar-refractivity contribution is -0.137. The average molecular weight is 394 g/mol. The largest absolute Gasteiger partial charge is 0.416 e. The molecular weight excluding hydrogens is 383 g/mol. The Labute approximate surface area is 156 Å². The predicted molar refractivity (Wildman–Crippen MR) is 92.2 cm³/mol. The summed E-state index contributed by atoms with van der Waals surface area (Å²) in [6, 6.07) is 7.63. The van der Waals surface area contributed by atoms with Gasteiger partial charge in [0.15, 0.2) is 5.82 Å². The highest BCUT2D eigenvalue weighted by Crippen LogP contribution is 2.32. The fourth-order valence-corrected chi connectivity index (χ4v) is 2.46. The van der Waals surface area contributed by atoms with Gasteiger partial charge in [-0.25, -0.2) is 4.98 Å². The Kier molecular flexibility index (Phi) is 5.04. The quantitative estimate of drug-likeness (QED) is 0.722. The number of nitrogens with zero attached hydrogens (tertiary/aromatic N) is 4. The van der Waals surface area contributed by atoms with E-state index in [9.17, 15) is 18.0 Å². The van der Waals surface area contributed by atoms with Gasteiger partial charge in [0, 0.05) is 6.20 Å². The molecule has 0 aliphatic rings. The van der Waals surface area contributed by atoms with E-state index < -0.39 is 17.6 Å². The minimum absolute atomic E-state index is 0.0656. The molecular formula is C17H11ClF3N5O. The van der Waals surface area contributed by atoms with Crippen LogP contribution in [0.1, 0.15) is 21.7 Å². The average Bonchev–Trinajstić information content (AvgIpc) is 2.61. The molecule has 0 aliphatic heterocycles. The smallest absolute Gasteiger partial charge is 0.290 e. The molecule has 2 aromatic heterocycles. The van der Waals surface area contributed by atoms with Crippen LogP contribution in [0.25, 0.3) is 11.5 Å². The first-order chi connectivity index (χ1) is 12.7. The number of benzene rings is 1. The van der Waals surface area contributed by atoms with Crippen molar-refractivity contribution < 1.29 is 18.0 Å². The Hall–Kier alpha value is -3.07. The van der Waals surface area contributed by atoms with Crippen molar-refractivity contribution in [3.63, 3.8) is 0 Å². The van der Waals surface area contributed by atoms with Crippen LogP contribution in [0, 0.1) is 6.92 Å². The topological polar surface area (TPSA) is 80.7 Å². The van der Waals surface area contributed by atoms with Gasteiger partial charge in [-0.3, -0.25) is 15.1 Å². The van der Waals surface area contributed by atoms with Gasteiger partial charge >= 0.3 is 6.18 Å². The second-order valence-corrected chi connectivity index (χ2v) is 5.80. The van der Waals surface area contributed by atoms with Gasteiger partial charge in [0.1, 0.15) is 11.5 Å². The van der Waals surface area contributed by atoms with Crippen LogP contribution in [0.3, 0.4) is 0 Å². The Morgan fingerprint density at radius 3 is 2.52 bits per heavy atom. The monoisotopic (exact) mass is 393 g/mol. The lowest BCUT2D eigenvalue weighted by Crippen LogP contribution is -2.16. The molecule has 6 nitrogen and oxygen atoms in total. The van der Waals surface area contributed by atoms with Crippen LogP contribution in [-0.2, 0) is 6.18 Å². The molecule has 3 aromatic rings. The number of hydrogen-bond acceptors (Lipinski definition) is 5. The zero-order chi connectivity index (χ0) is 19.6. The third-order valence-electron chi connectivity index (χ3n) is 3.41. The number of amides is 1. The maximum absolute atomic E-state index is 12.7. The molecule has 3 rings (SSSR count). The zero-order valence-electron chi connectivity index (χ0n) is 13.8. The summed E-state index contributed by atoms with van der Waals surface area (Å²) in [6.07, 6.45) is -2.99. The summed E-state index contributed by atoms with van der Waals surface area (Å²) in [5, 5.41) is 2.08. The molecule has 0 aliphatic carbocycles. The lowest BCUT2D eigenvalue weighted by atomic mass is 10.1. The molecule has 0 unspecified atom stereocenters. The molecule has 1 amide bonds. The highest BCUT2D eigenvalue weighted by molar-refractivity contribution is 6.34. The Bertz CT molecular complexity index is 996. The van der Waals surface area contributed by atoms with Crippen LogP contribution >= 0.6 is 11.6 Å². The number of halogens is 4. The van der Waals surface area contributed by atoms with Gasteiger partial charge in [0.25, 0.3) is 5.91 Å². The van der Waals surface area contributed by atoms with E-state index in [0.29, 0.717) is 17.6 Å². The van der Waals surface area contributed by atoms with Crippen LogP contribution in [0.15, 0.2) is 42.6 Å². The van der Waals surface area contributed by atoms with Gasteiger partial charge in [-0.05, 0) is 37.3 Å². The third-order valence-corrected chi connectivity index (χ3v) is 3.72. The number of carbonyl (C=O) groups excluding carboxylic acids is 1. The van der Waals surface area contributed by atoms with E-state index in [-0.39, 0.29) is 22.4 Å². The van der Waals surface area contributed by atoms with Gasteiger partial charge in [0.05, 0.1) is 16.1 Å². The van der Waals surface area contributed by atoms with E-state index >= 15 is 0 Å². The van der Waals surface area contributed by atoms with Crippen molar-refractivity contribution in [2.75, 3.05) is 5.32 Å². The summed E-state index contributed by atoms with van der Waals surface area (Å²) >= 11 is 5.83. The van der Waals surface area contributed by atoms with Gasteiger partial charge < -0.3 is 0 Å². The van der Waals surface area contributed by atoms with Crippen LogP contribution in [0.5, 0.6) is 0 Å². The number of aryl methyl sites for hydroxylation is 1. The van der Waals surface area contributed by atoms with Gasteiger partial charge in [-0.15, -0.1) is 0 Å². The van der Waals surface area contributed by atoms with E-state index in [1.165, 1.54) is 0 Å². The number of nitrogens with one attached hydrogen (secondary N) is 1. The number of alkyl halides is 3. The number of rotatable bonds is 3. The van der Waals surface area contributed by atoms with E-state index in [1.807, 2.05) is 0 Å². The molecule has 27 heavy (non-hydrogen) atoms. The summed E-state index contributed by atoms with van der Waals surface area (Å²) < 4.78 is 38.1. The maximum atomic E-state index is 12.7. The predicted octanol–water partition coefficient (Wildman–Crippen LogP) is 4.17. The van der Waals surface area contributed by atoms with Gasteiger partial charge in [-0.2, -0.15) is 23.1 Å². The molecule has 1 aromatic carbocycles. The molecule has 0 atom stereocenters. The van der Waals surface area contributed by atoms with Crippen molar-refractivity contribution in [1.82, 2.24) is 19.9 Å². The van der Waals surface area contributed by atoms with E-state index in [2.05, 4.69) is 25.3 Å². The molecule has 0 bridgehead atoms. The number of hydrogen-bond donors (Lipinski definition) is 1. The van der Waals surface area contributed by atoms with Crippen LogP contribution in [0.4, 0.5) is 19.1 Å². The second-order valence-electron chi connectivity index (χ2n) is 5.39. The Morgan fingerprint density at radius 1 is 1.11 bits per heavy atom. The lowest BCUT2D eigenvalue weighted by Gasteiger charge is -2.10. The van der Waals surface area contributed by atoms with Crippen LogP contribution < -0.4 is 5.32 Å². The summed E-state index contributed by atoms with van der Waals surface area (Å²) in [4.78, 5) is 28.8. The standard InChI is InChI=1S/C17H11ClF3N5O/c1-9-23-14(13-4-2-3-7-22-13)25-16(24-9)26-15(27)11-6-5-10(8-12(11)18)17(19,20)21/h2-8H,1H3,(H,23,24,25,26,27). The summed E-state index contributed by atoms with van der Waals surface area (Å²) in [5.74, 6) is -0.230. The van der Waals surface area contributed by atoms with Crippen LogP contribution in [-0.4, -0.2) is 25.8 Å². The number of carbonyl (C=O) groups is 1. The van der Waals surface area contributed by atoms with Gasteiger partial charge in [-0.1, -0.05) is 17.7 Å². The summed E-state index contributed by atoms with van der Waals surface area (Å²) in [7, 11) is 0. The molecule has 0 saturated heterocycles. The third kappa shape index (κ3) is 4.37. The van der Waals surface area contributed by atoms with E-state index in [0.717, 1.165) is 12.1 Å². The Morgan fingerprint density at radius 2 is 1.89 bits per heavy atom. The normalized spacial score (nSPS) is 11.3. The minimum atomic E-state index is -4.55. The molecule has 0 spiro atoms. The highest BCUT2D eigenvalue weighted by Gasteiger charge is 2.31. The second kappa shape index (κ2) is 7.28. The zero-order valence-corrected chi connectivity index (χ0v) is 14.5. The number of anilines is 1. The first kappa shape index (κ1) is 18.7. The van der Waals surface area contributed by atoms with E-state index in [4.69, 9.17) is 11.6 Å². The molecule has 10 heteroatoms. The number of pyridine rings is 1. The fraction of sp³-hybridized carbons (Fsp3) is 0.118. The molecule has 138 valence electrons.